The van der Waals surface area contributed by atoms with Crippen molar-refractivity contribution in [2.24, 2.45) is 4.99 Å². The van der Waals surface area contributed by atoms with Crippen molar-refractivity contribution in [2.45, 2.75) is 0 Å². The van der Waals surface area contributed by atoms with Crippen LogP contribution in [0.2, 0.25) is 0 Å². The van der Waals surface area contributed by atoms with E-state index in [0.29, 0.717) is 0 Å². The second kappa shape index (κ2) is 3.34. The summed E-state index contributed by atoms with van der Waals surface area (Å²) in [4.78, 5) is 2.94. The summed E-state index contributed by atoms with van der Waals surface area (Å²) in [7, 11) is 0. The second-order valence-electron chi connectivity index (χ2n) is 0.429. The van der Waals surface area contributed by atoms with Crippen LogP contribution in [0.3, 0.4) is 0 Å². The molecular weight excluding hydrogens is 69.0 g/mol. The summed E-state index contributed by atoms with van der Waals surface area (Å²) in [5, 5.41) is 0. The van der Waals surface area contributed by atoms with E-state index in [1.165, 1.54) is 0 Å². The van der Waals surface area contributed by atoms with Crippen molar-refractivity contribution >= 4 is 6.47 Å². The van der Waals surface area contributed by atoms with Gasteiger partial charge in [-0.3, -0.25) is 0 Å². The van der Waals surface area contributed by atoms with Gasteiger partial charge < -0.3 is 0 Å². The van der Waals surface area contributed by atoms with E-state index in [2.05, 4.69) is 11.6 Å². The molecule has 0 aliphatic carbocycles. The van der Waals surface area contributed by atoms with Gasteiger partial charge in [0.1, 0.15) is 0 Å². The molecule has 0 heterocycles. The summed E-state index contributed by atoms with van der Waals surface area (Å²) < 4.78 is 10.6. The van der Waals surface area contributed by atoms with Gasteiger partial charge in [0.05, 0.1) is 0 Å². The Morgan fingerprint density at radius 2 is 2.40 bits per heavy atom. The molecule has 0 aromatic carbocycles. The zero-order valence-electron chi connectivity index (χ0n) is 2.69. The fourth-order valence-electron chi connectivity index (χ4n) is 0.0398. The Hall–Kier alpha value is -0.660. The van der Waals surface area contributed by atoms with Crippen LogP contribution < -0.4 is 0 Å². The monoisotopic (exact) mass is 73.0 g/mol. The van der Waals surface area contributed by atoms with Gasteiger partial charge in [-0.15, -0.1) is 0 Å². The van der Waals surface area contributed by atoms with Crippen molar-refractivity contribution in [3.63, 3.8) is 0 Å². The summed E-state index contributed by atoms with van der Waals surface area (Å²) in [6.07, 6.45) is 1.12. The predicted octanol–water partition coefficient (Wildman–Crippen LogP) is 1.13. The first-order chi connectivity index (χ1) is 2.41. The molecule has 0 radical (unpaired) electrons. The average molecular weight is 73.1 g/mol. The van der Waals surface area contributed by atoms with Crippen molar-refractivity contribution < 1.29 is 4.39 Å². The Kier molecular flexibility index (Phi) is 2.90. The lowest BCUT2D eigenvalue weighted by Crippen LogP contribution is -1.43. The third-order valence-electron chi connectivity index (χ3n) is 0.162. The van der Waals surface area contributed by atoms with Crippen molar-refractivity contribution in [2.75, 3.05) is 0 Å². The van der Waals surface area contributed by atoms with Crippen molar-refractivity contribution in [3.05, 3.63) is 12.8 Å². The molecule has 28 valence electrons. The fraction of sp³-hybridized carbons (Fsp3) is 0. The molecule has 0 bridgehead atoms. The summed E-state index contributed by atoms with van der Waals surface area (Å²) in [5.74, 6) is 0. The van der Waals surface area contributed by atoms with Crippen molar-refractivity contribution in [1.29, 1.82) is 0 Å². The average Bonchev–Trinajstić information content (AvgIpc) is 1.41. The molecule has 0 rings (SSSR count). The fourth-order valence-corrected chi connectivity index (χ4v) is 0.0398. The maximum absolute atomic E-state index is 10.6. The molecule has 0 aromatic rings. The number of nitrogens with zero attached hydrogens (tertiary/aromatic N) is 1. The van der Waals surface area contributed by atoms with Crippen LogP contribution in [0.4, 0.5) is 4.39 Å². The summed E-state index contributed by atoms with van der Waals surface area (Å²) >= 11 is 0. The van der Waals surface area contributed by atoms with Gasteiger partial charge in [0.15, 0.2) is 6.47 Å². The van der Waals surface area contributed by atoms with Gasteiger partial charge in [-0.05, 0) is 0 Å². The van der Waals surface area contributed by atoms with E-state index in [4.69, 9.17) is 0 Å². The maximum Gasteiger partial charge on any atom is 0.175 e. The van der Waals surface area contributed by atoms with Gasteiger partial charge in [0.25, 0.3) is 0 Å². The minimum atomic E-state index is 0.188. The molecule has 0 aliphatic rings. The number of hydrogen-bond acceptors (Lipinski definition) is 1. The Morgan fingerprint density at radius 1 is 1.80 bits per heavy atom. The van der Waals surface area contributed by atoms with Gasteiger partial charge in [-0.2, -0.15) is 4.39 Å². The van der Waals surface area contributed by atoms with Gasteiger partial charge >= 0.3 is 0 Å². The topological polar surface area (TPSA) is 12.4 Å². The van der Waals surface area contributed by atoms with E-state index < -0.39 is 0 Å². The molecule has 0 amide bonds. The van der Waals surface area contributed by atoms with E-state index in [1.807, 2.05) is 0 Å². The zero-order chi connectivity index (χ0) is 4.12. The summed E-state index contributed by atoms with van der Waals surface area (Å²) in [5.41, 5.74) is 0. The van der Waals surface area contributed by atoms with E-state index in [0.717, 1.165) is 6.20 Å². The quantitative estimate of drug-likeness (QED) is 0.412. The van der Waals surface area contributed by atoms with Crippen LogP contribution in [0.15, 0.2) is 17.8 Å². The van der Waals surface area contributed by atoms with E-state index in [-0.39, 0.29) is 6.47 Å². The highest BCUT2D eigenvalue weighted by Gasteiger charge is 1.44. The van der Waals surface area contributed by atoms with Crippen LogP contribution in [0.1, 0.15) is 0 Å². The number of aliphatic imine (C=N–C) groups is 1. The van der Waals surface area contributed by atoms with E-state index >= 15 is 0 Å². The largest absolute Gasteiger partial charge is 0.236 e. The number of rotatable bonds is 1. The third-order valence-corrected chi connectivity index (χ3v) is 0.162. The maximum atomic E-state index is 10.6. The van der Waals surface area contributed by atoms with Crippen LogP contribution in [0.5, 0.6) is 0 Å². The third kappa shape index (κ3) is 3.34. The van der Waals surface area contributed by atoms with Crippen LogP contribution >= 0.6 is 0 Å². The van der Waals surface area contributed by atoms with E-state index in [9.17, 15) is 4.39 Å². The minimum Gasteiger partial charge on any atom is -0.236 e. The first-order valence-electron chi connectivity index (χ1n) is 1.14. The summed E-state index contributed by atoms with van der Waals surface area (Å²) in [6, 6.07) is 0. The minimum absolute atomic E-state index is 0.188. The molecule has 0 aliphatic heterocycles. The SMILES string of the molecule is C=C/N=C/F. The van der Waals surface area contributed by atoms with Gasteiger partial charge in [0.2, 0.25) is 0 Å². The zero-order valence-corrected chi connectivity index (χ0v) is 2.69. The molecule has 2 heteroatoms. The Bertz CT molecular complexity index is 48.9. The lowest BCUT2D eigenvalue weighted by atomic mass is 11.1. The van der Waals surface area contributed by atoms with Crippen LogP contribution in [-0.4, -0.2) is 6.47 Å². The van der Waals surface area contributed by atoms with Crippen molar-refractivity contribution in [3.8, 4) is 0 Å². The Morgan fingerprint density at radius 3 is 2.40 bits per heavy atom. The first-order valence-corrected chi connectivity index (χ1v) is 1.14. The number of hydrogen-bond donors (Lipinski definition) is 0. The van der Waals surface area contributed by atoms with Crippen molar-refractivity contribution in [1.82, 2.24) is 0 Å². The molecule has 1 nitrogen and oxygen atoms in total. The smallest absolute Gasteiger partial charge is 0.175 e. The molecular formula is C3H4FN. The van der Waals surface area contributed by atoms with Crippen LogP contribution in [0.25, 0.3) is 0 Å². The highest BCUT2D eigenvalue weighted by Crippen LogP contribution is 1.59. The lowest BCUT2D eigenvalue weighted by molar-refractivity contribution is 0.841. The molecule has 0 saturated heterocycles. The Balaban J connectivity index is 2.92. The Labute approximate surface area is 29.8 Å². The molecule has 0 N–H and O–H groups in total. The molecule has 0 saturated carbocycles. The number of halogens is 1. The highest BCUT2D eigenvalue weighted by atomic mass is 19.1. The molecule has 0 fully saturated rings. The predicted molar refractivity (Wildman–Crippen MR) is 19.8 cm³/mol. The van der Waals surface area contributed by atoms with Crippen LogP contribution in [-0.2, 0) is 0 Å². The van der Waals surface area contributed by atoms with Gasteiger partial charge in [-0.25, -0.2) is 4.99 Å². The van der Waals surface area contributed by atoms with E-state index in [1.54, 1.807) is 0 Å². The lowest BCUT2D eigenvalue weighted by Gasteiger charge is -1.55. The molecule has 0 aromatic heterocycles. The molecule has 5 heavy (non-hydrogen) atoms. The highest BCUT2D eigenvalue weighted by molar-refractivity contribution is 5.45. The summed E-state index contributed by atoms with van der Waals surface area (Å²) in [6.45, 7) is 3.30. The van der Waals surface area contributed by atoms with Gasteiger partial charge in [-0.1, -0.05) is 6.58 Å². The molecule has 0 spiro atoms. The first kappa shape index (κ1) is 4.34. The second-order valence-corrected chi connectivity index (χ2v) is 0.429. The normalized spacial score (nSPS) is 9.00. The molecule has 0 atom stereocenters. The standard InChI is InChI=1S/C3H4FN/c1-2-5-3-4/h2-3H,1H2/b5-3+. The van der Waals surface area contributed by atoms with Crippen LogP contribution in [0, 0.1) is 0 Å². The van der Waals surface area contributed by atoms with Gasteiger partial charge in [0, 0.05) is 6.20 Å². The molecule has 0 unspecified atom stereocenters.